The zero-order valence-corrected chi connectivity index (χ0v) is 20.9. The summed E-state index contributed by atoms with van der Waals surface area (Å²) in [6.07, 6.45) is 8.71. The SMILES string of the molecule is CC(=O)OCc1ccc(CC(=O)OC2/C=C/CCCCC2)c(C(=O)NCCN2C(=O)CC(C)C2=O)c1. The van der Waals surface area contributed by atoms with Crippen LogP contribution in [0.4, 0.5) is 0 Å². The van der Waals surface area contributed by atoms with Gasteiger partial charge in [0.15, 0.2) is 0 Å². The molecule has 3 rings (SSSR count). The molecule has 36 heavy (non-hydrogen) atoms. The highest BCUT2D eigenvalue weighted by Gasteiger charge is 2.35. The van der Waals surface area contributed by atoms with Crippen molar-refractivity contribution in [3.05, 3.63) is 47.0 Å². The molecule has 1 aliphatic carbocycles. The van der Waals surface area contributed by atoms with E-state index in [1.165, 1.54) is 6.92 Å². The minimum absolute atomic E-state index is 0.0120. The molecule has 1 N–H and O–H groups in total. The molecule has 1 aromatic carbocycles. The van der Waals surface area contributed by atoms with E-state index in [0.717, 1.165) is 37.0 Å². The van der Waals surface area contributed by atoms with Crippen LogP contribution in [0, 0.1) is 5.92 Å². The highest BCUT2D eigenvalue weighted by atomic mass is 16.5. The number of ether oxygens (including phenoxy) is 2. The number of imide groups is 1. The van der Waals surface area contributed by atoms with E-state index in [4.69, 9.17) is 9.47 Å². The standard InChI is InChI=1S/C27H34N2O7/c1-18-14-24(31)29(27(18)34)13-12-28-26(33)23-15-20(17-35-19(2)30)10-11-21(23)16-25(32)36-22-8-6-4-3-5-7-9-22/h6,8,10-11,15,18,22H,3-5,7,9,12-14,16-17H2,1-2H3,(H,28,33)/b8-6+. The Hall–Kier alpha value is -3.49. The first-order valence-corrected chi connectivity index (χ1v) is 12.5. The number of benzene rings is 1. The molecule has 1 aliphatic heterocycles. The summed E-state index contributed by atoms with van der Waals surface area (Å²) in [6.45, 7) is 3.14. The van der Waals surface area contributed by atoms with Crippen molar-refractivity contribution in [1.82, 2.24) is 10.2 Å². The Morgan fingerprint density at radius 3 is 2.67 bits per heavy atom. The van der Waals surface area contributed by atoms with Crippen LogP contribution in [0.2, 0.25) is 0 Å². The molecule has 2 unspecified atom stereocenters. The van der Waals surface area contributed by atoms with E-state index in [9.17, 15) is 24.0 Å². The molecule has 0 aromatic heterocycles. The van der Waals surface area contributed by atoms with Gasteiger partial charge in [0.05, 0.1) is 6.42 Å². The van der Waals surface area contributed by atoms with Gasteiger partial charge in [-0.3, -0.25) is 28.9 Å². The second-order valence-electron chi connectivity index (χ2n) is 9.29. The van der Waals surface area contributed by atoms with E-state index in [2.05, 4.69) is 5.32 Å². The van der Waals surface area contributed by atoms with Gasteiger partial charge in [-0.2, -0.15) is 0 Å². The lowest BCUT2D eigenvalue weighted by Crippen LogP contribution is -2.38. The number of hydrogen-bond donors (Lipinski definition) is 1. The van der Waals surface area contributed by atoms with Gasteiger partial charge in [-0.05, 0) is 49.0 Å². The molecule has 0 radical (unpaired) electrons. The minimum Gasteiger partial charge on any atom is -0.461 e. The number of amides is 3. The van der Waals surface area contributed by atoms with Gasteiger partial charge in [-0.1, -0.05) is 31.6 Å². The highest BCUT2D eigenvalue weighted by Crippen LogP contribution is 2.19. The van der Waals surface area contributed by atoms with E-state index in [1.54, 1.807) is 25.1 Å². The van der Waals surface area contributed by atoms with E-state index in [1.807, 2.05) is 12.2 Å². The Morgan fingerprint density at radius 1 is 1.14 bits per heavy atom. The number of esters is 2. The summed E-state index contributed by atoms with van der Waals surface area (Å²) in [5, 5.41) is 2.73. The number of nitrogens with zero attached hydrogens (tertiary/aromatic N) is 1. The summed E-state index contributed by atoms with van der Waals surface area (Å²) in [5.41, 5.74) is 1.31. The molecule has 9 heteroatoms. The van der Waals surface area contributed by atoms with Crippen molar-refractivity contribution in [1.29, 1.82) is 0 Å². The number of rotatable bonds is 9. The van der Waals surface area contributed by atoms with Gasteiger partial charge >= 0.3 is 11.9 Å². The van der Waals surface area contributed by atoms with Crippen molar-refractivity contribution in [2.24, 2.45) is 5.92 Å². The second-order valence-corrected chi connectivity index (χ2v) is 9.29. The monoisotopic (exact) mass is 498 g/mol. The molecule has 0 saturated carbocycles. The first-order chi connectivity index (χ1) is 17.2. The van der Waals surface area contributed by atoms with E-state index >= 15 is 0 Å². The summed E-state index contributed by atoms with van der Waals surface area (Å²) in [4.78, 5) is 62.2. The lowest BCUT2D eigenvalue weighted by atomic mass is 10.0. The Morgan fingerprint density at radius 2 is 1.94 bits per heavy atom. The second kappa shape index (κ2) is 13.0. The molecule has 0 bridgehead atoms. The third-order valence-electron chi connectivity index (χ3n) is 6.28. The molecule has 1 saturated heterocycles. The fourth-order valence-corrected chi connectivity index (χ4v) is 4.32. The van der Waals surface area contributed by atoms with Gasteiger partial charge in [-0.15, -0.1) is 0 Å². The van der Waals surface area contributed by atoms with Gasteiger partial charge in [-0.25, -0.2) is 0 Å². The van der Waals surface area contributed by atoms with Crippen molar-refractivity contribution >= 4 is 29.7 Å². The number of hydrogen-bond acceptors (Lipinski definition) is 7. The number of likely N-dealkylation sites (tertiary alicyclic amines) is 1. The van der Waals surface area contributed by atoms with E-state index in [0.29, 0.717) is 11.1 Å². The van der Waals surface area contributed by atoms with Crippen LogP contribution < -0.4 is 5.32 Å². The summed E-state index contributed by atoms with van der Waals surface area (Å²) in [5.74, 6) is -2.19. The molecule has 3 amide bonds. The zero-order valence-electron chi connectivity index (χ0n) is 20.9. The van der Waals surface area contributed by atoms with Crippen LogP contribution in [0.1, 0.15) is 73.9 Å². The highest BCUT2D eigenvalue weighted by molar-refractivity contribution is 6.03. The molecule has 1 fully saturated rings. The van der Waals surface area contributed by atoms with Gasteiger partial charge in [0.1, 0.15) is 12.7 Å². The Labute approximate surface area is 211 Å². The van der Waals surface area contributed by atoms with E-state index < -0.39 is 17.8 Å². The van der Waals surface area contributed by atoms with Gasteiger partial charge in [0.25, 0.3) is 5.91 Å². The first-order valence-electron chi connectivity index (χ1n) is 12.5. The Kier molecular flexibility index (Phi) is 9.78. The molecule has 1 heterocycles. The van der Waals surface area contributed by atoms with Crippen molar-refractivity contribution in [3.63, 3.8) is 0 Å². The molecule has 2 atom stereocenters. The van der Waals surface area contributed by atoms with Crippen LogP contribution in [0.3, 0.4) is 0 Å². The largest absolute Gasteiger partial charge is 0.461 e. The number of nitrogens with one attached hydrogen (secondary N) is 1. The molecule has 0 spiro atoms. The molecule has 2 aliphatic rings. The first kappa shape index (κ1) is 27.1. The minimum atomic E-state index is -0.458. The van der Waals surface area contributed by atoms with Crippen molar-refractivity contribution in [2.45, 2.75) is 71.5 Å². The average Bonchev–Trinajstić information content (AvgIpc) is 3.05. The Balaban J connectivity index is 1.68. The van der Waals surface area contributed by atoms with Crippen molar-refractivity contribution in [2.75, 3.05) is 13.1 Å². The smallest absolute Gasteiger partial charge is 0.310 e. The fourth-order valence-electron chi connectivity index (χ4n) is 4.32. The predicted molar refractivity (Wildman–Crippen MR) is 131 cm³/mol. The number of carbonyl (C=O) groups excluding carboxylic acids is 5. The van der Waals surface area contributed by atoms with Gasteiger partial charge in [0.2, 0.25) is 11.8 Å². The maximum absolute atomic E-state index is 13.0. The molecular formula is C27H34N2O7. The summed E-state index contributed by atoms with van der Waals surface area (Å²) in [7, 11) is 0. The number of allylic oxidation sites excluding steroid dienone is 1. The molecular weight excluding hydrogens is 464 g/mol. The van der Waals surface area contributed by atoms with Crippen LogP contribution in [0.5, 0.6) is 0 Å². The maximum Gasteiger partial charge on any atom is 0.310 e. The normalized spacial score (nSPS) is 20.9. The van der Waals surface area contributed by atoms with Crippen molar-refractivity contribution < 1.29 is 33.4 Å². The van der Waals surface area contributed by atoms with Crippen LogP contribution >= 0.6 is 0 Å². The lowest BCUT2D eigenvalue weighted by Gasteiger charge is -2.18. The summed E-state index contributed by atoms with van der Waals surface area (Å²) >= 11 is 0. The molecule has 9 nitrogen and oxygen atoms in total. The quantitative estimate of drug-likeness (QED) is 0.316. The zero-order chi connectivity index (χ0) is 26.1. The third-order valence-corrected chi connectivity index (χ3v) is 6.28. The van der Waals surface area contributed by atoms with Gasteiger partial charge < -0.3 is 14.8 Å². The fraction of sp³-hybridized carbons (Fsp3) is 0.519. The number of carbonyl (C=O) groups is 5. The van der Waals surface area contributed by atoms with Crippen LogP contribution in [0.25, 0.3) is 0 Å². The lowest BCUT2D eigenvalue weighted by molar-refractivity contribution is -0.146. The molecule has 1 aromatic rings. The van der Waals surface area contributed by atoms with E-state index in [-0.39, 0.29) is 61.9 Å². The van der Waals surface area contributed by atoms with Crippen molar-refractivity contribution in [3.8, 4) is 0 Å². The third kappa shape index (κ3) is 7.76. The predicted octanol–water partition coefficient (Wildman–Crippen LogP) is 2.85. The summed E-state index contributed by atoms with van der Waals surface area (Å²) < 4.78 is 10.7. The summed E-state index contributed by atoms with van der Waals surface area (Å²) in [6, 6.07) is 4.92. The van der Waals surface area contributed by atoms with Gasteiger partial charge in [0, 0.05) is 37.9 Å². The topological polar surface area (TPSA) is 119 Å². The average molecular weight is 499 g/mol. The van der Waals surface area contributed by atoms with Crippen LogP contribution in [-0.4, -0.2) is 53.8 Å². The maximum atomic E-state index is 13.0. The Bertz CT molecular complexity index is 1030. The van der Waals surface area contributed by atoms with Crippen LogP contribution in [-0.2, 0) is 41.7 Å². The van der Waals surface area contributed by atoms with Crippen LogP contribution in [0.15, 0.2) is 30.4 Å². The molecule has 194 valence electrons.